The fraction of sp³-hybridized carbons (Fsp3) is 0.286. The minimum Gasteiger partial charge on any atom is -0.121 e. The monoisotopic (exact) mass is 1310 g/mol. The van der Waals surface area contributed by atoms with Crippen LogP contribution in [0.2, 0.25) is 0 Å². The summed E-state index contributed by atoms with van der Waals surface area (Å²) < 4.78 is 24.8. The Balaban J connectivity index is 1.53. The molecule has 6 aliphatic heterocycles. The molecule has 0 aliphatic carbocycles. The Morgan fingerprint density at radius 1 is 0.258 bits per heavy atom. The second-order valence-corrected chi connectivity index (χ2v) is 39.3. The lowest BCUT2D eigenvalue weighted by atomic mass is 9.94. The molecule has 0 bridgehead atoms. The van der Waals surface area contributed by atoms with E-state index in [0.29, 0.717) is 0 Å². The van der Waals surface area contributed by atoms with E-state index in [4.69, 9.17) is 0 Å². The molecule has 354 valence electrons. The van der Waals surface area contributed by atoms with E-state index >= 15 is 0 Å². The molecular weight excluding hydrogens is 1270 g/mol. The standard InChI is InChI=1S/C42H42S24/c1-43-31-32(44-2)56-25(55-31)16-22(28-61-37(49-7)38(50-8)62-28)19-13-20(23(29-63-39(51-9)40(52-10)64-29)17-26-57-33(45-3)34(46-4)58-26)15-21(14-19)24(30-65-41(53-11)42(54-12)66-30)18-27-59-35(47-5)36(48-6)60-27/h13-18H,1-12H3. The summed E-state index contributed by atoms with van der Waals surface area (Å²) in [7, 11) is 0. The molecule has 0 radical (unpaired) electrons. The summed E-state index contributed by atoms with van der Waals surface area (Å²) in [6.07, 6.45) is 34.2. The van der Waals surface area contributed by atoms with E-state index < -0.39 is 0 Å². The predicted octanol–water partition coefficient (Wildman–Crippen LogP) is 23.2. The van der Waals surface area contributed by atoms with Crippen LogP contribution in [0.3, 0.4) is 0 Å². The Bertz CT molecular complexity index is 2110. The Morgan fingerprint density at radius 2 is 0.409 bits per heavy atom. The SMILES string of the molecule is CSC1=C(SC)SC(=CC(=C2SC(SC)=C(SC)S2)c2cc(C(C=C3SC(SC)=C(SC)S3)=C3SC(SC)=C(SC)S3)cc(C(C=C3SC(SC)=C(SC)S3)=C3SC(SC)=C(SC)S3)c2)S1. The lowest BCUT2D eigenvalue weighted by Crippen LogP contribution is -1.95. The fourth-order valence-corrected chi connectivity index (χ4v) is 35.8. The second-order valence-electron chi connectivity index (χ2n) is 12.4. The number of benzene rings is 1. The van der Waals surface area contributed by atoms with Gasteiger partial charge in [0.15, 0.2) is 0 Å². The van der Waals surface area contributed by atoms with Crippen LogP contribution in [0.15, 0.2) is 113 Å². The summed E-state index contributed by atoms with van der Waals surface area (Å²) in [6.45, 7) is 0. The average molecular weight is 1320 g/mol. The molecule has 0 saturated heterocycles. The Hall–Kier alpha value is 4.50. The highest BCUT2D eigenvalue weighted by atomic mass is 32.3. The van der Waals surface area contributed by atoms with Crippen molar-refractivity contribution in [1.29, 1.82) is 0 Å². The molecule has 0 nitrogen and oxygen atoms in total. The first-order valence-electron chi connectivity index (χ1n) is 18.7. The van der Waals surface area contributed by atoms with Gasteiger partial charge >= 0.3 is 0 Å². The Labute approximate surface area is 495 Å². The first kappa shape index (κ1) is 58.2. The summed E-state index contributed by atoms with van der Waals surface area (Å²) in [6, 6.07) is 7.59. The molecule has 0 fully saturated rings. The maximum Gasteiger partial charge on any atom is 0.0657 e. The quantitative estimate of drug-likeness (QED) is 0.137. The zero-order chi connectivity index (χ0) is 47.1. The van der Waals surface area contributed by atoms with Gasteiger partial charge in [0.1, 0.15) is 0 Å². The molecule has 0 aromatic heterocycles. The molecule has 0 amide bonds. The van der Waals surface area contributed by atoms with Crippen molar-refractivity contribution in [3.8, 4) is 0 Å². The summed E-state index contributed by atoms with van der Waals surface area (Å²) in [5.74, 6) is 0. The van der Waals surface area contributed by atoms with E-state index in [2.05, 4.69) is 111 Å². The molecule has 1 aromatic carbocycles. The van der Waals surface area contributed by atoms with Gasteiger partial charge in [0, 0.05) is 16.7 Å². The van der Waals surface area contributed by atoms with Gasteiger partial charge < -0.3 is 0 Å². The van der Waals surface area contributed by atoms with Crippen LogP contribution in [-0.4, -0.2) is 75.1 Å². The van der Waals surface area contributed by atoms with Crippen molar-refractivity contribution in [3.05, 3.63) is 129 Å². The molecule has 24 heteroatoms. The van der Waals surface area contributed by atoms with Gasteiger partial charge in [-0.15, -0.1) is 141 Å². The zero-order valence-corrected chi connectivity index (χ0v) is 56.9. The van der Waals surface area contributed by atoms with Crippen molar-refractivity contribution < 1.29 is 0 Å². The smallest absolute Gasteiger partial charge is 0.0657 e. The van der Waals surface area contributed by atoms with E-state index in [-0.39, 0.29) is 0 Å². The lowest BCUT2D eigenvalue weighted by molar-refractivity contribution is 1.52. The average Bonchev–Trinajstić information content (AvgIpc) is 4.22. The molecule has 6 aliphatic rings. The zero-order valence-electron chi connectivity index (χ0n) is 37.3. The first-order chi connectivity index (χ1) is 32.1. The van der Waals surface area contributed by atoms with Crippen molar-refractivity contribution >= 4 is 299 Å². The third-order valence-electron chi connectivity index (χ3n) is 8.81. The number of hydrogen-bond donors (Lipinski definition) is 0. The molecule has 0 spiro atoms. The molecule has 7 rings (SSSR count). The van der Waals surface area contributed by atoms with Crippen LogP contribution in [0.25, 0.3) is 16.7 Å². The molecule has 6 heterocycles. The highest BCUT2D eigenvalue weighted by molar-refractivity contribution is 8.44. The Kier molecular flexibility index (Phi) is 25.3. The molecule has 0 N–H and O–H groups in total. The third kappa shape index (κ3) is 14.2. The topological polar surface area (TPSA) is 0 Å². The van der Waals surface area contributed by atoms with Crippen LogP contribution >= 0.6 is 282 Å². The molecule has 0 atom stereocenters. The second kappa shape index (κ2) is 28.8. The van der Waals surface area contributed by atoms with E-state index in [1.54, 1.807) is 0 Å². The van der Waals surface area contributed by atoms with Crippen LogP contribution < -0.4 is 0 Å². The normalized spacial score (nSPS) is 19.3. The predicted molar refractivity (Wildman–Crippen MR) is 367 cm³/mol. The number of rotatable bonds is 18. The minimum atomic E-state index is 1.26. The number of thioether (sulfide) groups is 24. The van der Waals surface area contributed by atoms with Crippen LogP contribution in [0, 0.1) is 0 Å². The summed E-state index contributed by atoms with van der Waals surface area (Å²) >= 11 is 45.7. The first-order valence-corrected chi connectivity index (χ1v) is 43.2. The molecule has 66 heavy (non-hydrogen) atoms. The maximum absolute atomic E-state index is 2.53. The van der Waals surface area contributed by atoms with E-state index in [1.165, 1.54) is 110 Å². The highest BCUT2D eigenvalue weighted by Gasteiger charge is 2.31. The van der Waals surface area contributed by atoms with E-state index in [9.17, 15) is 0 Å². The maximum atomic E-state index is 2.53. The van der Waals surface area contributed by atoms with Crippen molar-refractivity contribution in [2.45, 2.75) is 0 Å². The van der Waals surface area contributed by atoms with Crippen LogP contribution in [0.4, 0.5) is 0 Å². The van der Waals surface area contributed by atoms with Crippen molar-refractivity contribution in [2.24, 2.45) is 0 Å². The third-order valence-corrected chi connectivity index (χ3v) is 39.8. The highest BCUT2D eigenvalue weighted by Crippen LogP contribution is 2.65. The molecular formula is C42H42S24. The van der Waals surface area contributed by atoms with Gasteiger partial charge in [0.25, 0.3) is 0 Å². The van der Waals surface area contributed by atoms with Crippen molar-refractivity contribution in [1.82, 2.24) is 0 Å². The lowest BCUT2D eigenvalue weighted by Gasteiger charge is -2.18. The summed E-state index contributed by atoms with van der Waals surface area (Å²) in [5.41, 5.74) is 7.69. The van der Waals surface area contributed by atoms with Gasteiger partial charge in [-0.2, -0.15) is 0 Å². The van der Waals surface area contributed by atoms with Crippen LogP contribution in [0.1, 0.15) is 16.7 Å². The van der Waals surface area contributed by atoms with Crippen molar-refractivity contribution in [3.63, 3.8) is 0 Å². The van der Waals surface area contributed by atoms with Gasteiger partial charge in [0.2, 0.25) is 0 Å². The molecule has 1 aromatic rings. The van der Waals surface area contributed by atoms with Gasteiger partial charge in [-0.3, -0.25) is 0 Å². The fourth-order valence-electron chi connectivity index (χ4n) is 5.91. The number of allylic oxidation sites excluding steroid dienone is 6. The number of hydrogen-bond acceptors (Lipinski definition) is 24. The van der Waals surface area contributed by atoms with Crippen LogP contribution in [0.5, 0.6) is 0 Å². The Morgan fingerprint density at radius 3 is 0.561 bits per heavy atom. The minimum absolute atomic E-state index is 1.26. The van der Waals surface area contributed by atoms with Crippen molar-refractivity contribution in [2.75, 3.05) is 75.1 Å². The summed E-state index contributed by atoms with van der Waals surface area (Å²) in [5, 5.41) is 0. The summed E-state index contributed by atoms with van der Waals surface area (Å²) in [4.78, 5) is 0. The van der Waals surface area contributed by atoms with Gasteiger partial charge in [0.05, 0.1) is 76.3 Å². The van der Waals surface area contributed by atoms with Gasteiger partial charge in [-0.05, 0) is 128 Å². The van der Waals surface area contributed by atoms with Crippen LogP contribution in [-0.2, 0) is 0 Å². The van der Waals surface area contributed by atoms with E-state index in [0.717, 1.165) is 0 Å². The largest absolute Gasteiger partial charge is 0.121 e. The molecule has 0 saturated carbocycles. The van der Waals surface area contributed by atoms with Gasteiger partial charge in [-0.1, -0.05) is 141 Å². The molecule has 0 unspecified atom stereocenters. The van der Waals surface area contributed by atoms with Gasteiger partial charge in [-0.25, -0.2) is 0 Å². The van der Waals surface area contributed by atoms with E-state index in [1.807, 2.05) is 282 Å².